The number of aliphatic hydroxyl groups is 1. The van der Waals surface area contributed by atoms with E-state index >= 15 is 0 Å². The Kier molecular flexibility index (Phi) is 10.1. The molecule has 7 nitrogen and oxygen atoms in total. The summed E-state index contributed by atoms with van der Waals surface area (Å²) in [6.45, 7) is 7.43. The van der Waals surface area contributed by atoms with Crippen LogP contribution >= 0.6 is 11.3 Å². The van der Waals surface area contributed by atoms with Gasteiger partial charge in [0.25, 0.3) is 0 Å². The van der Waals surface area contributed by atoms with Gasteiger partial charge >= 0.3 is 0 Å². The number of carbonyl (C=O) groups is 1. The summed E-state index contributed by atoms with van der Waals surface area (Å²) in [6, 6.07) is 9.95. The average molecular weight is 477 g/mol. The monoisotopic (exact) mass is 476 g/mol. The Balaban J connectivity index is 1.69. The number of aliphatic hydroxyl groups excluding tert-OH is 1. The lowest BCUT2D eigenvalue weighted by Gasteiger charge is -2.37. The van der Waals surface area contributed by atoms with Crippen molar-refractivity contribution in [2.45, 2.75) is 32.4 Å². The van der Waals surface area contributed by atoms with Crippen molar-refractivity contribution in [3.8, 4) is 5.75 Å². The second kappa shape index (κ2) is 13.1. The van der Waals surface area contributed by atoms with Gasteiger partial charge in [-0.1, -0.05) is 12.1 Å². The summed E-state index contributed by atoms with van der Waals surface area (Å²) in [7, 11) is 1.64. The second-order valence-corrected chi connectivity index (χ2v) is 9.32. The van der Waals surface area contributed by atoms with E-state index in [-0.39, 0.29) is 25.1 Å². The first-order chi connectivity index (χ1) is 16.0. The molecular formula is C25H36N2O5S. The van der Waals surface area contributed by atoms with Gasteiger partial charge in [0.15, 0.2) is 0 Å². The zero-order valence-corrected chi connectivity index (χ0v) is 20.7. The molecule has 33 heavy (non-hydrogen) atoms. The maximum absolute atomic E-state index is 13.5. The van der Waals surface area contributed by atoms with E-state index in [0.717, 1.165) is 17.7 Å². The van der Waals surface area contributed by atoms with Gasteiger partial charge in [-0.2, -0.15) is 0 Å². The normalized spacial score (nSPS) is 16.6. The van der Waals surface area contributed by atoms with Crippen molar-refractivity contribution in [3.05, 3.63) is 51.7 Å². The van der Waals surface area contributed by atoms with Gasteiger partial charge in [-0.3, -0.25) is 9.69 Å². The molecule has 1 N–H and O–H groups in total. The number of methoxy groups -OCH3 is 1. The molecule has 3 rings (SSSR count). The summed E-state index contributed by atoms with van der Waals surface area (Å²) in [5.74, 6) is 0.843. The number of ether oxygens (including phenoxy) is 3. The number of hydrogen-bond donors (Lipinski definition) is 1. The summed E-state index contributed by atoms with van der Waals surface area (Å²) < 4.78 is 16.7. The number of rotatable bonds is 13. The number of amides is 1. The molecule has 0 bridgehead atoms. The van der Waals surface area contributed by atoms with E-state index in [1.807, 2.05) is 47.9 Å². The van der Waals surface area contributed by atoms with E-state index in [0.29, 0.717) is 39.5 Å². The number of benzene rings is 1. The van der Waals surface area contributed by atoms with E-state index in [9.17, 15) is 9.90 Å². The molecule has 0 radical (unpaired) electrons. The Morgan fingerprint density at radius 3 is 2.97 bits per heavy atom. The van der Waals surface area contributed by atoms with Crippen LogP contribution in [0, 0.1) is 6.92 Å². The Hall–Kier alpha value is -1.97. The number of carbonyl (C=O) groups excluding carboxylic acids is 1. The molecule has 2 heterocycles. The summed E-state index contributed by atoms with van der Waals surface area (Å²) in [5.41, 5.74) is 2.31. The topological polar surface area (TPSA) is 71.5 Å². The third kappa shape index (κ3) is 7.52. The Morgan fingerprint density at radius 2 is 2.21 bits per heavy atom. The molecule has 182 valence electrons. The summed E-state index contributed by atoms with van der Waals surface area (Å²) >= 11 is 1.74. The fourth-order valence-electron chi connectivity index (χ4n) is 4.10. The summed E-state index contributed by atoms with van der Waals surface area (Å²) in [4.78, 5) is 18.6. The quantitative estimate of drug-likeness (QED) is 0.479. The van der Waals surface area contributed by atoms with Crippen molar-refractivity contribution in [3.63, 3.8) is 0 Å². The fraction of sp³-hybridized carbons (Fsp3) is 0.560. The number of nitrogens with zero attached hydrogens (tertiary/aromatic N) is 2. The molecule has 0 saturated carbocycles. The molecule has 0 fully saturated rings. The molecule has 1 aliphatic rings. The average Bonchev–Trinajstić information content (AvgIpc) is 3.28. The zero-order valence-electron chi connectivity index (χ0n) is 19.9. The highest BCUT2D eigenvalue weighted by molar-refractivity contribution is 7.10. The fourth-order valence-corrected chi connectivity index (χ4v) is 5.03. The molecule has 2 aromatic rings. The van der Waals surface area contributed by atoms with Crippen molar-refractivity contribution in [1.29, 1.82) is 0 Å². The maximum Gasteiger partial charge on any atom is 0.237 e. The third-order valence-corrected chi connectivity index (χ3v) is 6.76. The van der Waals surface area contributed by atoms with Gasteiger partial charge in [0, 0.05) is 38.2 Å². The van der Waals surface area contributed by atoms with Gasteiger partial charge in [0.1, 0.15) is 12.4 Å². The van der Waals surface area contributed by atoms with Crippen LogP contribution < -0.4 is 4.74 Å². The van der Waals surface area contributed by atoms with E-state index in [1.54, 1.807) is 18.4 Å². The zero-order chi connectivity index (χ0) is 23.6. The molecule has 2 unspecified atom stereocenters. The second-order valence-electron chi connectivity index (χ2n) is 8.32. The highest BCUT2D eigenvalue weighted by atomic mass is 32.1. The largest absolute Gasteiger partial charge is 0.491 e. The van der Waals surface area contributed by atoms with Crippen LogP contribution in [0.25, 0.3) is 0 Å². The van der Waals surface area contributed by atoms with Crippen LogP contribution in [0.1, 0.15) is 29.0 Å². The number of aryl methyl sites for hydroxylation is 1. The van der Waals surface area contributed by atoms with E-state index in [1.165, 1.54) is 10.4 Å². The molecule has 8 heteroatoms. The SMILES string of the molecule is CCOCC(O)CN(CCOC)CC(=O)N1CCc2sccc2C1COc1cccc(C)c1. The number of hydrogen-bond acceptors (Lipinski definition) is 7. The van der Waals surface area contributed by atoms with Gasteiger partial charge in [0.05, 0.1) is 31.9 Å². The van der Waals surface area contributed by atoms with Crippen molar-refractivity contribution in [2.24, 2.45) is 0 Å². The first-order valence-corrected chi connectivity index (χ1v) is 12.4. The van der Waals surface area contributed by atoms with Crippen molar-refractivity contribution in [2.75, 3.05) is 59.7 Å². The van der Waals surface area contributed by atoms with Crippen LogP contribution in [0.15, 0.2) is 35.7 Å². The maximum atomic E-state index is 13.5. The van der Waals surface area contributed by atoms with Crippen LogP contribution in [0.2, 0.25) is 0 Å². The summed E-state index contributed by atoms with van der Waals surface area (Å²) in [6.07, 6.45) is 0.199. The van der Waals surface area contributed by atoms with Crippen LogP contribution in [-0.2, 0) is 20.7 Å². The Labute approximate surface area is 200 Å². The first kappa shape index (κ1) is 25.6. The van der Waals surface area contributed by atoms with E-state index in [4.69, 9.17) is 14.2 Å². The summed E-state index contributed by atoms with van der Waals surface area (Å²) in [5, 5.41) is 12.4. The highest BCUT2D eigenvalue weighted by Gasteiger charge is 2.33. The van der Waals surface area contributed by atoms with Crippen LogP contribution in [0.3, 0.4) is 0 Å². The molecule has 1 aromatic carbocycles. The molecule has 2 atom stereocenters. The van der Waals surface area contributed by atoms with Crippen molar-refractivity contribution < 1.29 is 24.1 Å². The minimum absolute atomic E-state index is 0.0319. The Bertz CT molecular complexity index is 874. The lowest BCUT2D eigenvalue weighted by molar-refractivity contribution is -0.136. The van der Waals surface area contributed by atoms with Crippen molar-refractivity contribution in [1.82, 2.24) is 9.80 Å². The van der Waals surface area contributed by atoms with Crippen LogP contribution in [0.5, 0.6) is 5.75 Å². The molecule has 0 saturated heterocycles. The lowest BCUT2D eigenvalue weighted by Crippen LogP contribution is -2.48. The lowest BCUT2D eigenvalue weighted by atomic mass is 10.0. The molecule has 1 amide bonds. The molecule has 0 aliphatic carbocycles. The smallest absolute Gasteiger partial charge is 0.237 e. The van der Waals surface area contributed by atoms with Crippen LogP contribution in [-0.4, -0.2) is 86.6 Å². The number of fused-ring (bicyclic) bond motifs is 1. The van der Waals surface area contributed by atoms with Gasteiger partial charge in [-0.05, 0) is 55.0 Å². The molecule has 0 spiro atoms. The Morgan fingerprint density at radius 1 is 1.36 bits per heavy atom. The standard InChI is InChI=1S/C25H36N2O5S/c1-4-31-17-20(28)15-26(11-12-30-3)16-25(29)27-10-8-24-22(9-13-33-24)23(27)18-32-21-7-5-6-19(2)14-21/h5-7,9,13-14,20,23,28H,4,8,10-12,15-18H2,1-3H3. The van der Waals surface area contributed by atoms with Gasteiger partial charge in [0.2, 0.25) is 5.91 Å². The van der Waals surface area contributed by atoms with E-state index < -0.39 is 6.10 Å². The van der Waals surface area contributed by atoms with Gasteiger partial charge in [-0.25, -0.2) is 0 Å². The van der Waals surface area contributed by atoms with Gasteiger partial charge in [-0.15, -0.1) is 11.3 Å². The number of thiophene rings is 1. The molecular weight excluding hydrogens is 440 g/mol. The predicted octanol–water partition coefficient (Wildman–Crippen LogP) is 2.91. The molecule has 1 aliphatic heterocycles. The van der Waals surface area contributed by atoms with Crippen LogP contribution in [0.4, 0.5) is 0 Å². The van der Waals surface area contributed by atoms with Gasteiger partial charge < -0.3 is 24.2 Å². The highest BCUT2D eigenvalue weighted by Crippen LogP contribution is 2.34. The van der Waals surface area contributed by atoms with Crippen molar-refractivity contribution >= 4 is 17.2 Å². The predicted molar refractivity (Wildman–Crippen MR) is 130 cm³/mol. The van der Waals surface area contributed by atoms with E-state index in [2.05, 4.69) is 11.4 Å². The minimum Gasteiger partial charge on any atom is -0.491 e. The minimum atomic E-state index is -0.653. The molecule has 1 aromatic heterocycles. The first-order valence-electron chi connectivity index (χ1n) is 11.5. The third-order valence-electron chi connectivity index (χ3n) is 5.77.